The van der Waals surface area contributed by atoms with Gasteiger partial charge in [-0.15, -0.1) is 0 Å². The number of H-pyrrole nitrogens is 1. The molecule has 0 spiro atoms. The van der Waals surface area contributed by atoms with Crippen molar-refractivity contribution in [2.45, 2.75) is 6.92 Å². The summed E-state index contributed by atoms with van der Waals surface area (Å²) >= 11 is 0. The molecule has 0 aliphatic rings. The van der Waals surface area contributed by atoms with Gasteiger partial charge in [-0.05, 0) is 6.92 Å². The van der Waals surface area contributed by atoms with Gasteiger partial charge in [-0.3, -0.25) is 0 Å². The smallest absolute Gasteiger partial charge is 0.129 e. The lowest BCUT2D eigenvalue weighted by atomic mass is 10.1. The molecular formula is C9H9N2P. The third-order valence-electron chi connectivity index (χ3n) is 1.76. The van der Waals surface area contributed by atoms with Crippen LogP contribution in [0.4, 0.5) is 0 Å². The molecule has 2 nitrogen and oxygen atoms in total. The Hall–Kier alpha value is -1.14. The van der Waals surface area contributed by atoms with Gasteiger partial charge in [0.15, 0.2) is 0 Å². The van der Waals surface area contributed by atoms with Crippen molar-refractivity contribution in [2.75, 3.05) is 0 Å². The topological polar surface area (TPSA) is 28.7 Å². The standard InChI is InChI=1S/C9H9N2P/c1-7-2-4-8(5-3-7)9-6-10-12-11-9/h2-6H,1H3,(H,10,11). The molecule has 1 N–H and O–H groups in total. The highest BCUT2D eigenvalue weighted by atomic mass is 31.1. The zero-order valence-electron chi connectivity index (χ0n) is 6.78. The average molecular weight is 176 g/mol. The average Bonchev–Trinajstić information content (AvgIpc) is 2.58. The minimum atomic E-state index is 0.929. The molecule has 0 atom stereocenters. The van der Waals surface area contributed by atoms with Gasteiger partial charge in [-0.1, -0.05) is 29.8 Å². The van der Waals surface area contributed by atoms with Gasteiger partial charge in [0, 0.05) is 11.8 Å². The fourth-order valence-corrected chi connectivity index (χ4v) is 1.59. The van der Waals surface area contributed by atoms with Crippen molar-refractivity contribution in [3.05, 3.63) is 36.0 Å². The number of aryl methyl sites for hydroxylation is 1. The Labute approximate surface area is 72.9 Å². The number of nitrogens with one attached hydrogen (secondary N) is 1. The minimum absolute atomic E-state index is 0.929. The van der Waals surface area contributed by atoms with E-state index in [-0.39, 0.29) is 0 Å². The molecule has 0 amide bonds. The first kappa shape index (κ1) is 7.51. The second kappa shape index (κ2) is 3.08. The van der Waals surface area contributed by atoms with E-state index < -0.39 is 0 Å². The van der Waals surface area contributed by atoms with Crippen molar-refractivity contribution in [2.24, 2.45) is 0 Å². The summed E-state index contributed by atoms with van der Waals surface area (Å²) in [6, 6.07) is 8.38. The molecule has 12 heavy (non-hydrogen) atoms. The molecule has 0 saturated carbocycles. The molecule has 0 unspecified atom stereocenters. The van der Waals surface area contributed by atoms with Crippen molar-refractivity contribution in [3.8, 4) is 11.3 Å². The molecule has 0 bridgehead atoms. The molecule has 2 rings (SSSR count). The number of nitrogens with zero attached hydrogens (tertiary/aromatic N) is 1. The Morgan fingerprint density at radius 1 is 1.25 bits per heavy atom. The van der Waals surface area contributed by atoms with E-state index in [4.69, 9.17) is 0 Å². The van der Waals surface area contributed by atoms with E-state index in [1.54, 1.807) is 0 Å². The van der Waals surface area contributed by atoms with Gasteiger partial charge < -0.3 is 4.75 Å². The van der Waals surface area contributed by atoms with Crippen LogP contribution < -0.4 is 0 Å². The summed E-state index contributed by atoms with van der Waals surface area (Å²) in [6.07, 6.45) is 1.94. The molecule has 0 aliphatic heterocycles. The van der Waals surface area contributed by atoms with Gasteiger partial charge >= 0.3 is 0 Å². The van der Waals surface area contributed by atoms with Crippen molar-refractivity contribution >= 4 is 8.51 Å². The van der Waals surface area contributed by atoms with Crippen molar-refractivity contribution in [3.63, 3.8) is 0 Å². The van der Waals surface area contributed by atoms with Crippen molar-refractivity contribution in [1.29, 1.82) is 0 Å². The van der Waals surface area contributed by atoms with Gasteiger partial charge in [0.2, 0.25) is 0 Å². The molecule has 1 heterocycles. The van der Waals surface area contributed by atoms with E-state index in [0.717, 1.165) is 14.2 Å². The third-order valence-corrected chi connectivity index (χ3v) is 2.32. The summed E-state index contributed by atoms with van der Waals surface area (Å²) in [5.74, 6) is 0. The van der Waals surface area contributed by atoms with Crippen LogP contribution >= 0.6 is 8.51 Å². The van der Waals surface area contributed by atoms with Crippen LogP contribution in [-0.2, 0) is 0 Å². The van der Waals surface area contributed by atoms with Crippen LogP contribution in [0, 0.1) is 6.92 Å². The summed E-state index contributed by atoms with van der Waals surface area (Å²) < 4.78 is 7.29. The first-order valence-corrected chi connectivity index (χ1v) is 4.64. The van der Waals surface area contributed by atoms with Crippen molar-refractivity contribution < 1.29 is 0 Å². The molecule has 1 aromatic heterocycles. The van der Waals surface area contributed by atoms with Crippen LogP contribution in [0.15, 0.2) is 30.5 Å². The maximum absolute atomic E-state index is 4.26. The van der Waals surface area contributed by atoms with Crippen LogP contribution in [0.3, 0.4) is 0 Å². The first-order valence-electron chi connectivity index (χ1n) is 3.80. The van der Waals surface area contributed by atoms with E-state index in [0.29, 0.717) is 0 Å². The quantitative estimate of drug-likeness (QED) is 0.710. The van der Waals surface area contributed by atoms with Gasteiger partial charge in [0.1, 0.15) is 8.51 Å². The number of aromatic nitrogens is 2. The SMILES string of the molecule is Cc1ccc(-c2c[nH]pn2)cc1. The molecule has 60 valence electrons. The Bertz CT molecular complexity index is 351. The van der Waals surface area contributed by atoms with Crippen LogP contribution in [0.1, 0.15) is 5.56 Å². The third kappa shape index (κ3) is 1.39. The number of rotatable bonds is 1. The normalized spacial score (nSPS) is 10.8. The van der Waals surface area contributed by atoms with Gasteiger partial charge in [-0.25, -0.2) is 4.75 Å². The largest absolute Gasteiger partial charge is 0.327 e. The van der Waals surface area contributed by atoms with E-state index in [1.807, 2.05) is 6.20 Å². The minimum Gasteiger partial charge on any atom is -0.327 e. The Morgan fingerprint density at radius 2 is 2.00 bits per heavy atom. The summed E-state index contributed by atoms with van der Waals surface area (Å²) in [6.45, 7) is 2.08. The number of hydrogen-bond donors (Lipinski definition) is 1. The Kier molecular flexibility index (Phi) is 1.92. The lowest BCUT2D eigenvalue weighted by molar-refractivity contribution is 1.44. The molecule has 0 fully saturated rings. The highest BCUT2D eigenvalue weighted by Crippen LogP contribution is 2.18. The predicted molar refractivity (Wildman–Crippen MR) is 51.3 cm³/mol. The number of benzene rings is 1. The Morgan fingerprint density at radius 3 is 2.58 bits per heavy atom. The zero-order chi connectivity index (χ0) is 8.39. The summed E-state index contributed by atoms with van der Waals surface area (Å²) in [7, 11) is 0.929. The highest BCUT2D eigenvalue weighted by Gasteiger charge is 1.97. The monoisotopic (exact) mass is 176 g/mol. The van der Waals surface area contributed by atoms with E-state index >= 15 is 0 Å². The van der Waals surface area contributed by atoms with Crippen LogP contribution in [0.2, 0.25) is 0 Å². The Balaban J connectivity index is 2.43. The van der Waals surface area contributed by atoms with Crippen LogP contribution in [0.5, 0.6) is 0 Å². The summed E-state index contributed by atoms with van der Waals surface area (Å²) in [5.41, 5.74) is 3.50. The van der Waals surface area contributed by atoms with Crippen molar-refractivity contribution in [1.82, 2.24) is 9.49 Å². The molecule has 2 aromatic rings. The first-order chi connectivity index (χ1) is 5.86. The molecule has 0 radical (unpaired) electrons. The van der Waals surface area contributed by atoms with E-state index in [9.17, 15) is 0 Å². The zero-order valence-corrected chi connectivity index (χ0v) is 7.68. The van der Waals surface area contributed by atoms with E-state index in [2.05, 4.69) is 40.7 Å². The van der Waals surface area contributed by atoms with Gasteiger partial charge in [0.25, 0.3) is 0 Å². The lowest BCUT2D eigenvalue weighted by Gasteiger charge is -1.95. The second-order valence-electron chi connectivity index (χ2n) is 2.72. The van der Waals surface area contributed by atoms with Crippen LogP contribution in [-0.4, -0.2) is 9.49 Å². The maximum atomic E-state index is 4.26. The predicted octanol–water partition coefficient (Wildman–Crippen LogP) is 2.97. The molecule has 1 aromatic carbocycles. The fraction of sp³-hybridized carbons (Fsp3) is 0.111. The van der Waals surface area contributed by atoms with E-state index in [1.165, 1.54) is 11.1 Å². The van der Waals surface area contributed by atoms with Crippen LogP contribution in [0.25, 0.3) is 11.3 Å². The fourth-order valence-electron chi connectivity index (χ4n) is 1.07. The van der Waals surface area contributed by atoms with Gasteiger partial charge in [0.05, 0.1) is 5.69 Å². The maximum Gasteiger partial charge on any atom is 0.129 e. The number of hydrogen-bond acceptors (Lipinski definition) is 1. The molecule has 3 heteroatoms. The lowest BCUT2D eigenvalue weighted by Crippen LogP contribution is -1.76. The highest BCUT2D eigenvalue weighted by molar-refractivity contribution is 7.20. The molecule has 0 saturated heterocycles. The van der Waals surface area contributed by atoms with Gasteiger partial charge in [-0.2, -0.15) is 0 Å². The second-order valence-corrected chi connectivity index (χ2v) is 3.38. The number of aromatic amines is 1. The summed E-state index contributed by atoms with van der Waals surface area (Å²) in [4.78, 5) is 0. The summed E-state index contributed by atoms with van der Waals surface area (Å²) in [5, 5.41) is 0. The molecular weight excluding hydrogens is 167 g/mol. The molecule has 0 aliphatic carbocycles.